The van der Waals surface area contributed by atoms with Gasteiger partial charge in [0.05, 0.1) is 24.8 Å². The van der Waals surface area contributed by atoms with Gasteiger partial charge in [0.1, 0.15) is 5.75 Å². The lowest BCUT2D eigenvalue weighted by molar-refractivity contribution is 0.0736. The van der Waals surface area contributed by atoms with Gasteiger partial charge in [-0.15, -0.1) is 0 Å². The van der Waals surface area contributed by atoms with E-state index in [1.54, 1.807) is 12.0 Å². The minimum atomic E-state index is -0.463. The van der Waals surface area contributed by atoms with Crippen LogP contribution in [0.1, 0.15) is 44.7 Å². The number of carbonyl (C=O) groups is 1. The van der Waals surface area contributed by atoms with Gasteiger partial charge in [-0.25, -0.2) is 4.79 Å². The van der Waals surface area contributed by atoms with Gasteiger partial charge in [-0.05, 0) is 44.9 Å². The number of carbonyl (C=O) groups excluding carboxylic acids is 1. The molecule has 0 fully saturated rings. The molecule has 2 aromatic carbocycles. The summed E-state index contributed by atoms with van der Waals surface area (Å²) >= 11 is 0. The number of rotatable bonds is 9. The summed E-state index contributed by atoms with van der Waals surface area (Å²) in [6, 6.07) is 16.6. The van der Waals surface area contributed by atoms with Gasteiger partial charge in [0.25, 0.3) is 5.89 Å². The van der Waals surface area contributed by atoms with Gasteiger partial charge in [0.15, 0.2) is 0 Å². The van der Waals surface area contributed by atoms with Crippen LogP contribution in [0.25, 0.3) is 17.0 Å². The van der Waals surface area contributed by atoms with E-state index in [0.717, 1.165) is 22.4 Å². The maximum absolute atomic E-state index is 13.1. The number of amides is 2. The minimum absolute atomic E-state index is 0.148. The fourth-order valence-corrected chi connectivity index (χ4v) is 3.98. The molecule has 34 heavy (non-hydrogen) atoms. The molecule has 0 radical (unpaired) electrons. The van der Waals surface area contributed by atoms with Crippen molar-refractivity contribution < 1.29 is 18.8 Å². The first-order valence-electron chi connectivity index (χ1n) is 11.4. The van der Waals surface area contributed by atoms with Gasteiger partial charge in [0, 0.05) is 24.4 Å². The molecule has 3 aromatic rings. The highest BCUT2D eigenvalue weighted by molar-refractivity contribution is 5.87. The Hall–Kier alpha value is -3.65. The molecule has 1 aliphatic heterocycles. The molecule has 8 heteroatoms. The number of hydrogen-bond acceptors (Lipinski definition) is 6. The Morgan fingerprint density at radius 2 is 1.94 bits per heavy atom. The van der Waals surface area contributed by atoms with Crippen LogP contribution in [0.4, 0.5) is 4.79 Å². The van der Waals surface area contributed by atoms with Gasteiger partial charge >= 0.3 is 6.03 Å². The fourth-order valence-electron chi connectivity index (χ4n) is 3.98. The Morgan fingerprint density at radius 3 is 2.68 bits per heavy atom. The number of nitrogens with zero attached hydrogens (tertiary/aromatic N) is 3. The lowest BCUT2D eigenvalue weighted by Crippen LogP contribution is -2.46. The highest BCUT2D eigenvalue weighted by Crippen LogP contribution is 2.38. The van der Waals surface area contributed by atoms with Crippen LogP contribution < -0.4 is 10.1 Å². The second-order valence-corrected chi connectivity index (χ2v) is 8.37. The molecule has 2 amide bonds. The van der Waals surface area contributed by atoms with E-state index in [0.29, 0.717) is 37.0 Å². The van der Waals surface area contributed by atoms with Crippen molar-refractivity contribution in [1.29, 1.82) is 0 Å². The molecule has 1 atom stereocenters. The third-order valence-corrected chi connectivity index (χ3v) is 5.69. The monoisotopic (exact) mass is 462 g/mol. The van der Waals surface area contributed by atoms with Gasteiger partial charge in [-0.2, -0.15) is 4.98 Å². The lowest BCUT2D eigenvalue weighted by atomic mass is 9.94. The van der Waals surface area contributed by atoms with E-state index in [4.69, 9.17) is 14.0 Å². The quantitative estimate of drug-likeness (QED) is 0.447. The molecule has 8 nitrogen and oxygen atoms in total. The molecule has 0 spiro atoms. The highest BCUT2D eigenvalue weighted by Gasteiger charge is 2.35. The first kappa shape index (κ1) is 23.5. The zero-order valence-corrected chi connectivity index (χ0v) is 19.9. The molecular formula is C26H30N4O4. The smallest absolute Gasteiger partial charge is 0.322 e. The number of urea groups is 1. The third-order valence-electron chi connectivity index (χ3n) is 5.69. The maximum atomic E-state index is 13.1. The normalized spacial score (nSPS) is 16.2. The summed E-state index contributed by atoms with van der Waals surface area (Å²) in [5, 5.41) is 7.32. The Labute approximate surface area is 199 Å². The van der Waals surface area contributed by atoms with E-state index in [1.807, 2.05) is 75.4 Å². The van der Waals surface area contributed by atoms with Crippen molar-refractivity contribution in [2.75, 3.05) is 20.3 Å². The van der Waals surface area contributed by atoms with Crippen molar-refractivity contribution in [3.05, 3.63) is 71.7 Å². The Morgan fingerprint density at radius 1 is 1.15 bits per heavy atom. The molecule has 1 N–H and O–H groups in total. The molecule has 1 aromatic heterocycles. The zero-order valence-electron chi connectivity index (χ0n) is 19.9. The standard InChI is InChI=1S/C26H30N4O4/c1-17(2)33-15-9-14-30-18(3)22(25-28-24(29-34-25)19-10-6-5-7-11-19)23(27-26(30)31)20-12-8-13-21(16-20)32-4/h5-8,10-13,16-17,23H,9,14-15H2,1-4H3,(H,27,31). The van der Waals surface area contributed by atoms with E-state index >= 15 is 0 Å². The SMILES string of the molecule is COc1cccc(C2NC(=O)N(CCCOC(C)C)C(C)=C2c2nc(-c3ccccc3)no2)c1. The highest BCUT2D eigenvalue weighted by atomic mass is 16.5. The van der Waals surface area contributed by atoms with E-state index < -0.39 is 6.04 Å². The van der Waals surface area contributed by atoms with Crippen LogP contribution in [0.5, 0.6) is 5.75 Å². The van der Waals surface area contributed by atoms with Crippen LogP contribution in [-0.4, -0.2) is 47.4 Å². The molecule has 178 valence electrons. The van der Waals surface area contributed by atoms with Crippen molar-refractivity contribution in [2.45, 2.75) is 39.3 Å². The topological polar surface area (TPSA) is 89.7 Å². The number of aromatic nitrogens is 2. The van der Waals surface area contributed by atoms with Gasteiger partial charge in [0.2, 0.25) is 5.82 Å². The van der Waals surface area contributed by atoms with Gasteiger partial charge < -0.3 is 19.3 Å². The third kappa shape index (κ3) is 5.12. The summed E-state index contributed by atoms with van der Waals surface area (Å²) in [4.78, 5) is 19.5. The van der Waals surface area contributed by atoms with Gasteiger partial charge in [-0.3, -0.25) is 4.90 Å². The number of benzene rings is 2. The molecule has 0 saturated carbocycles. The summed E-state index contributed by atoms with van der Waals surface area (Å²) in [7, 11) is 1.62. The van der Waals surface area contributed by atoms with E-state index in [1.165, 1.54) is 0 Å². The van der Waals surface area contributed by atoms with E-state index in [-0.39, 0.29) is 12.1 Å². The molecule has 1 unspecified atom stereocenters. The number of methoxy groups -OCH3 is 1. The summed E-state index contributed by atoms with van der Waals surface area (Å²) < 4.78 is 16.8. The first-order chi connectivity index (χ1) is 16.5. The largest absolute Gasteiger partial charge is 0.497 e. The molecule has 0 aliphatic carbocycles. The number of nitrogens with one attached hydrogen (secondary N) is 1. The van der Waals surface area contributed by atoms with Crippen LogP contribution in [0.15, 0.2) is 64.8 Å². The van der Waals surface area contributed by atoms with Crippen LogP contribution in [0.3, 0.4) is 0 Å². The number of hydrogen-bond donors (Lipinski definition) is 1. The number of ether oxygens (including phenoxy) is 2. The molecular weight excluding hydrogens is 432 g/mol. The first-order valence-corrected chi connectivity index (χ1v) is 11.4. The van der Waals surface area contributed by atoms with Crippen molar-refractivity contribution in [3.8, 4) is 17.1 Å². The predicted octanol–water partition coefficient (Wildman–Crippen LogP) is 5.06. The Balaban J connectivity index is 1.72. The zero-order chi connectivity index (χ0) is 24.1. The Kier molecular flexibility index (Phi) is 7.27. The van der Waals surface area contributed by atoms with Crippen molar-refractivity contribution in [1.82, 2.24) is 20.4 Å². The summed E-state index contributed by atoms with van der Waals surface area (Å²) in [5.74, 6) is 1.56. The lowest BCUT2D eigenvalue weighted by Gasteiger charge is -2.35. The van der Waals surface area contributed by atoms with Crippen molar-refractivity contribution in [2.24, 2.45) is 0 Å². The molecule has 1 aliphatic rings. The van der Waals surface area contributed by atoms with Crippen molar-refractivity contribution >= 4 is 11.6 Å². The van der Waals surface area contributed by atoms with E-state index in [9.17, 15) is 4.79 Å². The Bertz CT molecular complexity index is 1160. The molecule has 4 rings (SSSR count). The van der Waals surface area contributed by atoms with Crippen LogP contribution in [0, 0.1) is 0 Å². The summed E-state index contributed by atoms with van der Waals surface area (Å²) in [5.41, 5.74) is 3.25. The van der Waals surface area contributed by atoms with E-state index in [2.05, 4.69) is 15.5 Å². The average molecular weight is 463 g/mol. The van der Waals surface area contributed by atoms with Gasteiger partial charge in [-0.1, -0.05) is 47.6 Å². The second-order valence-electron chi connectivity index (χ2n) is 8.37. The predicted molar refractivity (Wildman–Crippen MR) is 129 cm³/mol. The number of allylic oxidation sites excluding steroid dienone is 1. The molecule has 2 heterocycles. The fraction of sp³-hybridized carbons (Fsp3) is 0.346. The van der Waals surface area contributed by atoms with Crippen LogP contribution >= 0.6 is 0 Å². The second kappa shape index (κ2) is 10.5. The van der Waals surface area contributed by atoms with Crippen molar-refractivity contribution in [3.63, 3.8) is 0 Å². The summed E-state index contributed by atoms with van der Waals surface area (Å²) in [6.07, 6.45) is 0.855. The van der Waals surface area contributed by atoms with Crippen LogP contribution in [-0.2, 0) is 4.74 Å². The van der Waals surface area contributed by atoms with Crippen LogP contribution in [0.2, 0.25) is 0 Å². The average Bonchev–Trinajstić information content (AvgIpc) is 3.33. The minimum Gasteiger partial charge on any atom is -0.497 e. The summed E-state index contributed by atoms with van der Waals surface area (Å²) in [6.45, 7) is 6.99. The molecule has 0 saturated heterocycles. The maximum Gasteiger partial charge on any atom is 0.322 e. The molecule has 0 bridgehead atoms.